The summed E-state index contributed by atoms with van der Waals surface area (Å²) in [7, 11) is 1.46. The summed E-state index contributed by atoms with van der Waals surface area (Å²) in [5, 5.41) is 0. The lowest BCUT2D eigenvalue weighted by Gasteiger charge is -2.22. The van der Waals surface area contributed by atoms with Crippen LogP contribution in [0.5, 0.6) is 5.75 Å². The van der Waals surface area contributed by atoms with Crippen molar-refractivity contribution in [1.82, 2.24) is 9.55 Å². The average Bonchev–Trinajstić information content (AvgIpc) is 2.74. The molecule has 1 aliphatic rings. The number of benzene rings is 1. The number of halogens is 1. The molecule has 1 fully saturated rings. The Morgan fingerprint density at radius 2 is 2.20 bits per heavy atom. The summed E-state index contributed by atoms with van der Waals surface area (Å²) >= 11 is 2.00. The number of hydrogen-bond acceptors (Lipinski definition) is 4. The molecular formula is C14H18FN3OS. The van der Waals surface area contributed by atoms with Crippen molar-refractivity contribution in [3.8, 4) is 5.75 Å². The summed E-state index contributed by atoms with van der Waals surface area (Å²) in [4.78, 5) is 4.25. The summed E-state index contributed by atoms with van der Waals surface area (Å²) in [5.74, 6) is 3.30. The lowest BCUT2D eigenvalue weighted by Crippen LogP contribution is -2.17. The molecule has 0 amide bonds. The lowest BCUT2D eigenvalue weighted by atomic mass is 10.0. The molecular weight excluding hydrogens is 277 g/mol. The second-order valence-electron chi connectivity index (χ2n) is 5.11. The van der Waals surface area contributed by atoms with Gasteiger partial charge in [0.2, 0.25) is 5.95 Å². The SMILES string of the molecule is COc1cc2c(cc1F)nc(N)n2CC1CCSCC1. The third-order valence-corrected chi connectivity index (χ3v) is 4.88. The van der Waals surface area contributed by atoms with Gasteiger partial charge in [0.1, 0.15) is 0 Å². The molecule has 1 aliphatic heterocycles. The number of anilines is 1. The van der Waals surface area contributed by atoms with E-state index in [0.29, 0.717) is 17.4 Å². The molecule has 0 radical (unpaired) electrons. The first kappa shape index (κ1) is 13.5. The fourth-order valence-electron chi connectivity index (χ4n) is 2.68. The number of thioether (sulfide) groups is 1. The number of nitrogens with zero attached hydrogens (tertiary/aromatic N) is 2. The van der Waals surface area contributed by atoms with Crippen molar-refractivity contribution in [1.29, 1.82) is 0 Å². The Kier molecular flexibility index (Phi) is 3.74. The van der Waals surface area contributed by atoms with E-state index in [1.54, 1.807) is 6.07 Å². The first-order valence-corrected chi connectivity index (χ1v) is 7.91. The maximum Gasteiger partial charge on any atom is 0.201 e. The molecule has 0 unspecified atom stereocenters. The Morgan fingerprint density at radius 1 is 1.45 bits per heavy atom. The Hall–Kier alpha value is -1.43. The van der Waals surface area contributed by atoms with Crippen LogP contribution in [0.3, 0.4) is 0 Å². The fourth-order valence-corrected chi connectivity index (χ4v) is 3.88. The van der Waals surface area contributed by atoms with Crippen molar-refractivity contribution in [2.45, 2.75) is 19.4 Å². The molecule has 6 heteroatoms. The van der Waals surface area contributed by atoms with E-state index in [4.69, 9.17) is 10.5 Å². The molecule has 20 heavy (non-hydrogen) atoms. The van der Waals surface area contributed by atoms with Gasteiger partial charge in [-0.3, -0.25) is 0 Å². The van der Waals surface area contributed by atoms with Crippen LogP contribution in [0.2, 0.25) is 0 Å². The minimum atomic E-state index is -0.404. The predicted octanol–water partition coefficient (Wildman–Crippen LogP) is 2.91. The highest BCUT2D eigenvalue weighted by molar-refractivity contribution is 7.99. The van der Waals surface area contributed by atoms with Crippen molar-refractivity contribution in [2.75, 3.05) is 24.3 Å². The Labute approximate surface area is 121 Å². The Bertz CT molecular complexity index is 622. The highest BCUT2D eigenvalue weighted by Gasteiger charge is 2.18. The zero-order valence-electron chi connectivity index (χ0n) is 11.4. The lowest BCUT2D eigenvalue weighted by molar-refractivity contribution is 0.386. The van der Waals surface area contributed by atoms with Gasteiger partial charge in [-0.15, -0.1) is 0 Å². The molecule has 3 rings (SSSR count). The van der Waals surface area contributed by atoms with Gasteiger partial charge >= 0.3 is 0 Å². The summed E-state index contributed by atoms with van der Waals surface area (Å²) in [6.07, 6.45) is 2.39. The number of imidazole rings is 1. The highest BCUT2D eigenvalue weighted by atomic mass is 32.2. The van der Waals surface area contributed by atoms with Crippen LogP contribution >= 0.6 is 11.8 Å². The number of nitrogens with two attached hydrogens (primary N) is 1. The Morgan fingerprint density at radius 3 is 2.90 bits per heavy atom. The molecule has 2 aromatic rings. The number of methoxy groups -OCH3 is 1. The monoisotopic (exact) mass is 295 g/mol. The van der Waals surface area contributed by atoms with Gasteiger partial charge in [0.05, 0.1) is 18.1 Å². The molecule has 2 heterocycles. The zero-order chi connectivity index (χ0) is 14.1. The largest absolute Gasteiger partial charge is 0.494 e. The number of rotatable bonds is 3. The van der Waals surface area contributed by atoms with Gasteiger partial charge in [0, 0.05) is 18.7 Å². The molecule has 0 saturated carbocycles. The predicted molar refractivity (Wildman–Crippen MR) is 80.7 cm³/mol. The minimum Gasteiger partial charge on any atom is -0.494 e. The Balaban J connectivity index is 1.98. The third kappa shape index (κ3) is 2.44. The second-order valence-corrected chi connectivity index (χ2v) is 6.34. The maximum atomic E-state index is 13.7. The van der Waals surface area contributed by atoms with E-state index >= 15 is 0 Å². The van der Waals surface area contributed by atoms with Crippen molar-refractivity contribution < 1.29 is 9.13 Å². The average molecular weight is 295 g/mol. The van der Waals surface area contributed by atoms with E-state index < -0.39 is 5.82 Å². The summed E-state index contributed by atoms with van der Waals surface area (Å²) in [5.41, 5.74) is 7.43. The van der Waals surface area contributed by atoms with Crippen molar-refractivity contribution in [2.24, 2.45) is 5.92 Å². The highest BCUT2D eigenvalue weighted by Crippen LogP contribution is 2.30. The molecule has 0 spiro atoms. The van der Waals surface area contributed by atoms with E-state index in [1.807, 2.05) is 16.3 Å². The van der Waals surface area contributed by atoms with Crippen LogP contribution in [0.4, 0.5) is 10.3 Å². The summed E-state index contributed by atoms with van der Waals surface area (Å²) < 4.78 is 20.7. The van der Waals surface area contributed by atoms with Gasteiger partial charge in [-0.2, -0.15) is 11.8 Å². The van der Waals surface area contributed by atoms with E-state index in [1.165, 1.54) is 37.5 Å². The first-order valence-electron chi connectivity index (χ1n) is 6.76. The normalized spacial score (nSPS) is 16.7. The molecule has 0 aliphatic carbocycles. The van der Waals surface area contributed by atoms with E-state index in [2.05, 4.69) is 4.98 Å². The van der Waals surface area contributed by atoms with Crippen molar-refractivity contribution >= 4 is 28.7 Å². The first-order chi connectivity index (χ1) is 9.69. The van der Waals surface area contributed by atoms with E-state index in [0.717, 1.165) is 12.1 Å². The number of fused-ring (bicyclic) bond motifs is 1. The van der Waals surface area contributed by atoms with Crippen LogP contribution in [0.1, 0.15) is 12.8 Å². The smallest absolute Gasteiger partial charge is 0.201 e. The van der Waals surface area contributed by atoms with E-state index in [-0.39, 0.29) is 5.75 Å². The minimum absolute atomic E-state index is 0.234. The number of hydrogen-bond donors (Lipinski definition) is 1. The standard InChI is InChI=1S/C14H18FN3OS/c1-19-13-7-12-11(6-10(13)15)17-14(16)18(12)8-9-2-4-20-5-3-9/h6-7,9H,2-5,8H2,1H3,(H2,16,17). The van der Waals surface area contributed by atoms with Crippen LogP contribution < -0.4 is 10.5 Å². The quantitative estimate of drug-likeness (QED) is 0.946. The van der Waals surface area contributed by atoms with Crippen LogP contribution in [-0.2, 0) is 6.54 Å². The summed E-state index contributed by atoms with van der Waals surface area (Å²) in [6, 6.07) is 3.07. The van der Waals surface area contributed by atoms with Gasteiger partial charge in [-0.25, -0.2) is 9.37 Å². The van der Waals surface area contributed by atoms with Gasteiger partial charge in [-0.1, -0.05) is 0 Å². The van der Waals surface area contributed by atoms with Crippen LogP contribution in [-0.4, -0.2) is 28.2 Å². The van der Waals surface area contributed by atoms with Crippen molar-refractivity contribution in [3.05, 3.63) is 17.9 Å². The maximum absolute atomic E-state index is 13.7. The fraction of sp³-hybridized carbons (Fsp3) is 0.500. The topological polar surface area (TPSA) is 53.1 Å². The molecule has 1 saturated heterocycles. The molecule has 1 aromatic heterocycles. The number of aromatic nitrogens is 2. The zero-order valence-corrected chi connectivity index (χ0v) is 12.3. The van der Waals surface area contributed by atoms with Crippen LogP contribution in [0.15, 0.2) is 12.1 Å². The second kappa shape index (κ2) is 5.52. The van der Waals surface area contributed by atoms with E-state index in [9.17, 15) is 4.39 Å². The molecule has 2 N–H and O–H groups in total. The number of nitrogen functional groups attached to an aromatic ring is 1. The third-order valence-electron chi connectivity index (χ3n) is 3.83. The van der Waals surface area contributed by atoms with Gasteiger partial charge in [-0.05, 0) is 30.3 Å². The molecule has 0 bridgehead atoms. The van der Waals surface area contributed by atoms with Crippen molar-refractivity contribution in [3.63, 3.8) is 0 Å². The molecule has 1 aromatic carbocycles. The van der Waals surface area contributed by atoms with Crippen LogP contribution in [0, 0.1) is 11.7 Å². The van der Waals surface area contributed by atoms with Crippen LogP contribution in [0.25, 0.3) is 11.0 Å². The van der Waals surface area contributed by atoms with Gasteiger partial charge < -0.3 is 15.0 Å². The van der Waals surface area contributed by atoms with Gasteiger partial charge in [0.25, 0.3) is 0 Å². The summed E-state index contributed by atoms with van der Waals surface area (Å²) in [6.45, 7) is 0.845. The molecule has 0 atom stereocenters. The van der Waals surface area contributed by atoms with Gasteiger partial charge in [0.15, 0.2) is 11.6 Å². The number of ether oxygens (including phenoxy) is 1. The molecule has 4 nitrogen and oxygen atoms in total. The molecule has 108 valence electrons.